The predicted octanol–water partition coefficient (Wildman–Crippen LogP) is 5.35. The van der Waals surface area contributed by atoms with Gasteiger partial charge in [0.15, 0.2) is 0 Å². The molecule has 0 aromatic heterocycles. The number of carbonyl (C=O) groups excluding carboxylic acids is 2. The van der Waals surface area contributed by atoms with Gasteiger partial charge in [0.05, 0.1) is 18.7 Å². The van der Waals surface area contributed by atoms with Crippen molar-refractivity contribution >= 4 is 17.4 Å². The van der Waals surface area contributed by atoms with E-state index >= 15 is 0 Å². The van der Waals surface area contributed by atoms with Crippen molar-refractivity contribution in [3.05, 3.63) is 101 Å². The number of hydrogen-bond donors (Lipinski definition) is 1. The Morgan fingerprint density at radius 1 is 0.949 bits per heavy atom. The van der Waals surface area contributed by atoms with Crippen LogP contribution in [0.15, 0.2) is 78.4 Å². The number of aliphatic hydroxyl groups excluding tert-OH is 1. The van der Waals surface area contributed by atoms with Gasteiger partial charge in [0, 0.05) is 18.7 Å². The Bertz CT molecular complexity index is 1330. The van der Waals surface area contributed by atoms with E-state index in [1.807, 2.05) is 37.3 Å². The summed E-state index contributed by atoms with van der Waals surface area (Å²) in [6, 6.07) is 21.6. The fourth-order valence-electron chi connectivity index (χ4n) is 4.87. The highest BCUT2D eigenvalue weighted by Crippen LogP contribution is 2.40. The molecule has 0 radical (unpaired) electrons. The number of aliphatic hydroxyl groups is 1. The summed E-state index contributed by atoms with van der Waals surface area (Å²) in [5, 5.41) is 11.4. The molecular formula is C32H36N2O5. The van der Waals surface area contributed by atoms with E-state index in [1.165, 1.54) is 0 Å². The van der Waals surface area contributed by atoms with E-state index in [-0.39, 0.29) is 11.3 Å². The van der Waals surface area contributed by atoms with Crippen molar-refractivity contribution in [2.45, 2.75) is 33.4 Å². The molecule has 0 unspecified atom stereocenters. The van der Waals surface area contributed by atoms with Crippen LogP contribution in [0.5, 0.6) is 11.5 Å². The molecule has 1 saturated heterocycles. The monoisotopic (exact) mass is 528 g/mol. The Morgan fingerprint density at radius 2 is 1.62 bits per heavy atom. The van der Waals surface area contributed by atoms with Gasteiger partial charge < -0.3 is 24.4 Å². The summed E-state index contributed by atoms with van der Waals surface area (Å²) in [5.74, 6) is -0.195. The van der Waals surface area contributed by atoms with E-state index in [9.17, 15) is 14.7 Å². The molecule has 4 rings (SSSR count). The van der Waals surface area contributed by atoms with Gasteiger partial charge in [0.2, 0.25) is 0 Å². The maximum Gasteiger partial charge on any atom is 0.295 e. The van der Waals surface area contributed by atoms with Crippen molar-refractivity contribution in [3.63, 3.8) is 0 Å². The quantitative estimate of drug-likeness (QED) is 0.205. The van der Waals surface area contributed by atoms with E-state index in [4.69, 9.17) is 9.47 Å². The minimum Gasteiger partial charge on any atom is -0.507 e. The highest BCUT2D eigenvalue weighted by Gasteiger charge is 2.46. The number of Topliss-reactive ketones (excluding diaryl/α,β-unsaturated/α-hetero) is 1. The molecule has 7 nitrogen and oxygen atoms in total. The molecule has 1 aliphatic rings. The lowest BCUT2D eigenvalue weighted by atomic mass is 9.95. The van der Waals surface area contributed by atoms with Crippen LogP contribution in [0.25, 0.3) is 5.76 Å². The van der Waals surface area contributed by atoms with E-state index in [1.54, 1.807) is 48.4 Å². The molecule has 39 heavy (non-hydrogen) atoms. The highest BCUT2D eigenvalue weighted by atomic mass is 16.5. The van der Waals surface area contributed by atoms with Gasteiger partial charge in [-0.1, -0.05) is 55.8 Å². The number of methoxy groups -OCH3 is 1. The maximum absolute atomic E-state index is 13.3. The Labute approximate surface area is 230 Å². The van der Waals surface area contributed by atoms with Crippen LogP contribution in [0, 0.1) is 6.92 Å². The zero-order valence-corrected chi connectivity index (χ0v) is 23.0. The van der Waals surface area contributed by atoms with Gasteiger partial charge in [-0.15, -0.1) is 0 Å². The topological polar surface area (TPSA) is 79.3 Å². The second-order valence-corrected chi connectivity index (χ2v) is 9.59. The molecule has 0 aliphatic carbocycles. The number of likely N-dealkylation sites (N-methyl/N-ethyl adjacent to an activating group) is 1. The number of carbonyl (C=O) groups is 2. The summed E-state index contributed by atoms with van der Waals surface area (Å²) in [6.07, 6.45) is 0. The molecule has 3 aromatic carbocycles. The molecular weight excluding hydrogens is 492 g/mol. The van der Waals surface area contributed by atoms with Crippen molar-refractivity contribution in [1.82, 2.24) is 9.80 Å². The van der Waals surface area contributed by atoms with Crippen LogP contribution in [-0.2, 0) is 16.2 Å². The van der Waals surface area contributed by atoms with Gasteiger partial charge in [-0.05, 0) is 67.5 Å². The summed E-state index contributed by atoms with van der Waals surface area (Å²) in [6.45, 7) is 9.25. The van der Waals surface area contributed by atoms with E-state index in [2.05, 4.69) is 24.8 Å². The first-order chi connectivity index (χ1) is 18.9. The van der Waals surface area contributed by atoms with Crippen LogP contribution in [-0.4, -0.2) is 59.9 Å². The summed E-state index contributed by atoms with van der Waals surface area (Å²) in [7, 11) is 1.58. The SMILES string of the molecule is CCN(CC)CCN1C(=O)C(=O)/C(=C(/O)c2ccc(OCc3cccc(C)c3)cc2)[C@H]1c1ccc(OC)cc1. The third-order valence-corrected chi connectivity index (χ3v) is 7.14. The number of ether oxygens (including phenoxy) is 2. The lowest BCUT2D eigenvalue weighted by molar-refractivity contribution is -0.140. The number of aryl methyl sites for hydroxylation is 1. The number of nitrogens with zero attached hydrogens (tertiary/aromatic N) is 2. The number of rotatable bonds is 11. The number of hydrogen-bond acceptors (Lipinski definition) is 6. The van der Waals surface area contributed by atoms with Crippen molar-refractivity contribution in [1.29, 1.82) is 0 Å². The number of amides is 1. The van der Waals surface area contributed by atoms with Crippen molar-refractivity contribution in [3.8, 4) is 11.5 Å². The largest absolute Gasteiger partial charge is 0.507 e. The van der Waals surface area contributed by atoms with Gasteiger partial charge in [-0.25, -0.2) is 0 Å². The lowest BCUT2D eigenvalue weighted by Gasteiger charge is -2.28. The van der Waals surface area contributed by atoms with E-state index in [0.29, 0.717) is 36.8 Å². The number of ketones is 1. The summed E-state index contributed by atoms with van der Waals surface area (Å²) < 4.78 is 11.2. The minimum absolute atomic E-state index is 0.0816. The molecule has 0 spiro atoms. The fourth-order valence-corrected chi connectivity index (χ4v) is 4.87. The van der Waals surface area contributed by atoms with Crippen LogP contribution in [0.3, 0.4) is 0 Å². The zero-order valence-electron chi connectivity index (χ0n) is 23.0. The molecule has 1 fully saturated rings. The van der Waals surface area contributed by atoms with E-state index < -0.39 is 17.7 Å². The maximum atomic E-state index is 13.3. The minimum atomic E-state index is -0.705. The second-order valence-electron chi connectivity index (χ2n) is 9.59. The van der Waals surface area contributed by atoms with Gasteiger partial charge in [-0.3, -0.25) is 9.59 Å². The number of benzene rings is 3. The van der Waals surface area contributed by atoms with Gasteiger partial charge in [-0.2, -0.15) is 0 Å². The second kappa shape index (κ2) is 12.6. The normalized spacial score (nSPS) is 16.6. The Morgan fingerprint density at radius 3 is 2.23 bits per heavy atom. The third kappa shape index (κ3) is 6.32. The molecule has 1 aliphatic heterocycles. The molecule has 1 N–H and O–H groups in total. The standard InChI is InChI=1S/C32H36N2O5/c1-5-33(6-2)18-19-34-29(24-10-14-26(38-4)15-11-24)28(31(36)32(34)37)30(35)25-12-16-27(17-13-25)39-21-23-9-7-8-22(3)20-23/h7-17,20,29,35H,5-6,18-19,21H2,1-4H3/b30-28+/t29-/m1/s1. The first kappa shape index (κ1) is 27.9. The molecule has 1 atom stereocenters. The Hall–Kier alpha value is -4.10. The lowest BCUT2D eigenvalue weighted by Crippen LogP contribution is -2.38. The van der Waals surface area contributed by atoms with Gasteiger partial charge in [0.1, 0.15) is 23.9 Å². The third-order valence-electron chi connectivity index (χ3n) is 7.14. The van der Waals surface area contributed by atoms with Crippen LogP contribution in [0.2, 0.25) is 0 Å². The number of likely N-dealkylation sites (tertiary alicyclic amines) is 1. The highest BCUT2D eigenvalue weighted by molar-refractivity contribution is 6.46. The fraction of sp³-hybridized carbons (Fsp3) is 0.312. The van der Waals surface area contributed by atoms with Crippen LogP contribution >= 0.6 is 0 Å². The average molecular weight is 529 g/mol. The summed E-state index contributed by atoms with van der Waals surface area (Å²) in [5.41, 5.74) is 3.48. The first-order valence-electron chi connectivity index (χ1n) is 13.3. The molecule has 0 saturated carbocycles. The molecule has 1 heterocycles. The van der Waals surface area contributed by atoms with Crippen LogP contribution < -0.4 is 9.47 Å². The zero-order chi connectivity index (χ0) is 27.9. The summed E-state index contributed by atoms with van der Waals surface area (Å²) in [4.78, 5) is 30.3. The molecule has 7 heteroatoms. The van der Waals surface area contributed by atoms with Crippen molar-refractivity contribution in [2.24, 2.45) is 0 Å². The van der Waals surface area contributed by atoms with E-state index in [0.717, 1.165) is 29.8 Å². The van der Waals surface area contributed by atoms with Gasteiger partial charge in [0.25, 0.3) is 11.7 Å². The molecule has 0 bridgehead atoms. The molecule has 204 valence electrons. The van der Waals surface area contributed by atoms with Crippen molar-refractivity contribution < 1.29 is 24.2 Å². The average Bonchev–Trinajstić information content (AvgIpc) is 3.21. The molecule has 3 aromatic rings. The first-order valence-corrected chi connectivity index (χ1v) is 13.3. The smallest absolute Gasteiger partial charge is 0.295 e. The van der Waals surface area contributed by atoms with Crippen molar-refractivity contribution in [2.75, 3.05) is 33.3 Å². The van der Waals surface area contributed by atoms with Crippen LogP contribution in [0.4, 0.5) is 0 Å². The summed E-state index contributed by atoms with van der Waals surface area (Å²) >= 11 is 0. The Kier molecular flexibility index (Phi) is 9.04. The van der Waals surface area contributed by atoms with Crippen LogP contribution in [0.1, 0.15) is 42.1 Å². The molecule has 1 amide bonds. The predicted molar refractivity (Wildman–Crippen MR) is 152 cm³/mol. The van der Waals surface area contributed by atoms with Gasteiger partial charge >= 0.3 is 0 Å². The Balaban J connectivity index is 1.64.